The highest BCUT2D eigenvalue weighted by atomic mass is 35.5. The molecule has 1 nitrogen and oxygen atoms in total. The number of nitrogens with one attached hydrogen (secondary N) is 1. The molecular weight excluding hydrogens is 158 g/mol. The van der Waals surface area contributed by atoms with Gasteiger partial charge in [-0.25, -0.2) is 0 Å². The fourth-order valence-electron chi connectivity index (χ4n) is 1.53. The van der Waals surface area contributed by atoms with E-state index < -0.39 is 0 Å². The molecule has 2 rings (SSSR count). The van der Waals surface area contributed by atoms with Crippen LogP contribution in [0.15, 0.2) is 18.2 Å². The zero-order chi connectivity index (χ0) is 7.84. The lowest BCUT2D eigenvalue weighted by atomic mass is 10.1. The van der Waals surface area contributed by atoms with E-state index in [4.69, 9.17) is 11.6 Å². The van der Waals surface area contributed by atoms with Gasteiger partial charge in [-0.1, -0.05) is 17.7 Å². The van der Waals surface area contributed by atoms with Crippen molar-refractivity contribution >= 4 is 11.6 Å². The van der Waals surface area contributed by atoms with E-state index in [1.807, 2.05) is 12.1 Å². The summed E-state index contributed by atoms with van der Waals surface area (Å²) in [5, 5.41) is 0.832. The molecular formula is C9H10ClN. The summed E-state index contributed by atoms with van der Waals surface area (Å²) in [6.07, 6.45) is 0. The zero-order valence-electron chi connectivity index (χ0n) is 6.23. The molecule has 0 spiro atoms. The van der Waals surface area contributed by atoms with E-state index in [2.05, 4.69) is 13.1 Å². The van der Waals surface area contributed by atoms with Gasteiger partial charge in [-0.2, -0.15) is 7.05 Å². The molecule has 1 N–H and O–H groups in total. The van der Waals surface area contributed by atoms with Crippen LogP contribution in [0.3, 0.4) is 0 Å². The minimum absolute atomic E-state index is 0.832. The van der Waals surface area contributed by atoms with Crippen molar-refractivity contribution in [1.29, 1.82) is 0 Å². The van der Waals surface area contributed by atoms with Crippen LogP contribution in [0, 0.1) is 7.05 Å². The summed E-state index contributed by atoms with van der Waals surface area (Å²) in [7, 11) is 3.96. The molecule has 1 aliphatic heterocycles. The van der Waals surface area contributed by atoms with Gasteiger partial charge in [-0.05, 0) is 12.1 Å². The first-order chi connectivity index (χ1) is 5.25. The van der Waals surface area contributed by atoms with Crippen LogP contribution in [0.1, 0.15) is 11.1 Å². The SMILES string of the molecule is [CH2-][NH+]1Cc2ccc(Cl)cc2C1. The first-order valence-corrected chi connectivity index (χ1v) is 4.07. The quantitative estimate of drug-likeness (QED) is 0.551. The maximum absolute atomic E-state index is 5.84. The van der Waals surface area contributed by atoms with E-state index in [0.29, 0.717) is 0 Å². The Labute approximate surface area is 71.6 Å². The van der Waals surface area contributed by atoms with Gasteiger partial charge in [-0.3, -0.25) is 0 Å². The van der Waals surface area contributed by atoms with E-state index in [1.54, 1.807) is 0 Å². The van der Waals surface area contributed by atoms with Crippen molar-refractivity contribution in [1.82, 2.24) is 0 Å². The monoisotopic (exact) mass is 167 g/mol. The van der Waals surface area contributed by atoms with E-state index in [9.17, 15) is 0 Å². The lowest BCUT2D eigenvalue weighted by Gasteiger charge is -2.09. The minimum Gasteiger partial charge on any atom is -0.460 e. The van der Waals surface area contributed by atoms with Gasteiger partial charge in [0.25, 0.3) is 0 Å². The van der Waals surface area contributed by atoms with Gasteiger partial charge in [-0.15, -0.1) is 0 Å². The maximum atomic E-state index is 5.84. The third-order valence-corrected chi connectivity index (χ3v) is 2.28. The molecule has 1 atom stereocenters. The molecule has 1 aromatic carbocycles. The Kier molecular flexibility index (Phi) is 1.63. The number of halogens is 1. The summed E-state index contributed by atoms with van der Waals surface area (Å²) in [4.78, 5) is 1.29. The smallest absolute Gasteiger partial charge is 0.0795 e. The average molecular weight is 168 g/mol. The van der Waals surface area contributed by atoms with Gasteiger partial charge in [0.05, 0.1) is 13.1 Å². The molecule has 0 radical (unpaired) electrons. The van der Waals surface area contributed by atoms with Crippen LogP contribution < -0.4 is 4.90 Å². The van der Waals surface area contributed by atoms with Gasteiger partial charge in [0.15, 0.2) is 0 Å². The molecule has 1 heterocycles. The molecule has 2 heteroatoms. The van der Waals surface area contributed by atoms with E-state index >= 15 is 0 Å². The summed E-state index contributed by atoms with van der Waals surface area (Å²) in [6, 6.07) is 6.07. The number of hydrogen-bond acceptors (Lipinski definition) is 0. The Hall–Kier alpha value is -0.530. The standard InChI is InChI=1S/C9H10ClN/c1-11-5-7-2-3-9(10)4-8(7)6-11/h2-4,11H,1,5-6H2. The summed E-state index contributed by atoms with van der Waals surface area (Å²) >= 11 is 5.84. The molecule has 0 fully saturated rings. The molecule has 0 bridgehead atoms. The lowest BCUT2D eigenvalue weighted by molar-refractivity contribution is -0.874. The van der Waals surface area contributed by atoms with Crippen LogP contribution in [0.4, 0.5) is 0 Å². The second-order valence-corrected chi connectivity index (χ2v) is 3.45. The Balaban J connectivity index is 2.43. The van der Waals surface area contributed by atoms with Crippen molar-refractivity contribution in [3.05, 3.63) is 41.4 Å². The number of hydrogen-bond donors (Lipinski definition) is 1. The zero-order valence-corrected chi connectivity index (χ0v) is 6.99. The third kappa shape index (κ3) is 1.26. The Morgan fingerprint density at radius 3 is 2.82 bits per heavy atom. The third-order valence-electron chi connectivity index (χ3n) is 2.05. The van der Waals surface area contributed by atoms with E-state index in [-0.39, 0.29) is 0 Å². The van der Waals surface area contributed by atoms with Crippen molar-refractivity contribution < 1.29 is 4.90 Å². The molecule has 0 amide bonds. The Morgan fingerprint density at radius 2 is 2.00 bits per heavy atom. The van der Waals surface area contributed by atoms with Crippen LogP contribution in [0.5, 0.6) is 0 Å². The fraction of sp³-hybridized carbons (Fsp3) is 0.222. The van der Waals surface area contributed by atoms with Gasteiger partial charge in [0.2, 0.25) is 0 Å². The molecule has 0 aliphatic carbocycles. The van der Waals surface area contributed by atoms with Crippen LogP contribution in [-0.4, -0.2) is 0 Å². The van der Waals surface area contributed by atoms with Gasteiger partial charge < -0.3 is 4.90 Å². The largest absolute Gasteiger partial charge is 0.460 e. The summed E-state index contributed by atoms with van der Waals surface area (Å²) in [5.74, 6) is 0. The molecule has 1 aromatic rings. The Bertz CT molecular complexity index is 283. The van der Waals surface area contributed by atoms with E-state index in [0.717, 1.165) is 18.1 Å². The Morgan fingerprint density at radius 1 is 1.27 bits per heavy atom. The molecule has 0 aromatic heterocycles. The normalized spacial score (nSPS) is 21.8. The van der Waals surface area contributed by atoms with Gasteiger partial charge in [0, 0.05) is 16.1 Å². The summed E-state index contributed by atoms with van der Waals surface area (Å²) in [6.45, 7) is 2.04. The molecule has 1 aliphatic rings. The minimum atomic E-state index is 0.832. The summed E-state index contributed by atoms with van der Waals surface area (Å²) in [5.41, 5.74) is 2.74. The number of fused-ring (bicyclic) bond motifs is 1. The number of rotatable bonds is 0. The average Bonchev–Trinajstić information content (AvgIpc) is 2.27. The lowest BCUT2D eigenvalue weighted by Crippen LogP contribution is -3.01. The van der Waals surface area contributed by atoms with Crippen molar-refractivity contribution in [2.75, 3.05) is 0 Å². The van der Waals surface area contributed by atoms with Crippen LogP contribution in [-0.2, 0) is 13.1 Å². The van der Waals surface area contributed by atoms with Crippen LogP contribution in [0.25, 0.3) is 0 Å². The number of quaternary nitrogens is 1. The number of benzene rings is 1. The first-order valence-electron chi connectivity index (χ1n) is 3.69. The second kappa shape index (κ2) is 2.50. The second-order valence-electron chi connectivity index (χ2n) is 3.02. The highest BCUT2D eigenvalue weighted by Gasteiger charge is 2.15. The molecule has 1 unspecified atom stereocenters. The first kappa shape index (κ1) is 7.14. The van der Waals surface area contributed by atoms with Crippen molar-refractivity contribution in [2.45, 2.75) is 13.1 Å². The van der Waals surface area contributed by atoms with Gasteiger partial charge in [0.1, 0.15) is 0 Å². The summed E-state index contributed by atoms with van der Waals surface area (Å²) < 4.78 is 0. The highest BCUT2D eigenvalue weighted by molar-refractivity contribution is 6.30. The van der Waals surface area contributed by atoms with Crippen molar-refractivity contribution in [2.24, 2.45) is 0 Å². The van der Waals surface area contributed by atoms with Crippen molar-refractivity contribution in [3.8, 4) is 0 Å². The van der Waals surface area contributed by atoms with E-state index in [1.165, 1.54) is 16.0 Å². The fourth-order valence-corrected chi connectivity index (χ4v) is 1.73. The van der Waals surface area contributed by atoms with Crippen molar-refractivity contribution in [3.63, 3.8) is 0 Å². The molecule has 0 saturated heterocycles. The van der Waals surface area contributed by atoms with Crippen LogP contribution >= 0.6 is 11.6 Å². The van der Waals surface area contributed by atoms with Gasteiger partial charge >= 0.3 is 0 Å². The maximum Gasteiger partial charge on any atom is 0.0795 e. The predicted molar refractivity (Wildman–Crippen MR) is 45.2 cm³/mol. The van der Waals surface area contributed by atoms with Crippen LogP contribution in [0.2, 0.25) is 5.02 Å². The topological polar surface area (TPSA) is 4.44 Å². The molecule has 58 valence electrons. The molecule has 0 saturated carbocycles. The predicted octanol–water partition coefficient (Wildman–Crippen LogP) is 1.03. The highest BCUT2D eigenvalue weighted by Crippen LogP contribution is 2.17. The molecule has 11 heavy (non-hydrogen) atoms.